The van der Waals surface area contributed by atoms with Gasteiger partial charge in [0.15, 0.2) is 0 Å². The summed E-state index contributed by atoms with van der Waals surface area (Å²) in [5.74, 6) is -0.894. The Morgan fingerprint density at radius 3 is 2.82 bits per heavy atom. The van der Waals surface area contributed by atoms with Gasteiger partial charge in [-0.25, -0.2) is 9.18 Å². The van der Waals surface area contributed by atoms with Gasteiger partial charge in [-0.05, 0) is 57.9 Å². The molecule has 0 saturated carbocycles. The Bertz CT molecular complexity index is 548. The monoisotopic (exact) mass is 308 g/mol. The van der Waals surface area contributed by atoms with Crippen LogP contribution >= 0.6 is 0 Å². The van der Waals surface area contributed by atoms with Crippen LogP contribution in [0.4, 0.5) is 10.1 Å². The number of hydrogen-bond acceptors (Lipinski definition) is 4. The number of benzene rings is 1. The van der Waals surface area contributed by atoms with Gasteiger partial charge in [0, 0.05) is 24.3 Å². The third kappa shape index (κ3) is 3.40. The number of halogens is 1. The number of carbonyl (C=O) groups is 1. The second kappa shape index (κ2) is 7.09. The Morgan fingerprint density at radius 1 is 1.50 bits per heavy atom. The lowest BCUT2D eigenvalue weighted by molar-refractivity contribution is 0.0599. The summed E-state index contributed by atoms with van der Waals surface area (Å²) in [6.45, 7) is 7.82. The fraction of sp³-hybridized carbons (Fsp3) is 0.588. The van der Waals surface area contributed by atoms with Crippen molar-refractivity contribution in [2.45, 2.75) is 45.7 Å². The number of rotatable bonds is 4. The number of esters is 1. The van der Waals surface area contributed by atoms with E-state index in [1.165, 1.54) is 19.2 Å². The fourth-order valence-corrected chi connectivity index (χ4v) is 3.30. The Morgan fingerprint density at radius 2 is 2.23 bits per heavy atom. The smallest absolute Gasteiger partial charge is 0.338 e. The van der Waals surface area contributed by atoms with Crippen LogP contribution in [0.25, 0.3) is 0 Å². The van der Waals surface area contributed by atoms with E-state index in [0.29, 0.717) is 17.6 Å². The topological polar surface area (TPSA) is 41.6 Å². The van der Waals surface area contributed by atoms with Gasteiger partial charge < -0.3 is 15.0 Å². The molecule has 1 N–H and O–H groups in total. The number of ether oxygens (including phenoxy) is 1. The number of hydrogen-bond donors (Lipinski definition) is 1. The average molecular weight is 308 g/mol. The summed E-state index contributed by atoms with van der Waals surface area (Å²) in [7, 11) is 1.32. The van der Waals surface area contributed by atoms with Crippen molar-refractivity contribution >= 4 is 11.7 Å². The van der Waals surface area contributed by atoms with Crippen LogP contribution in [0.3, 0.4) is 0 Å². The highest BCUT2D eigenvalue weighted by Gasteiger charge is 2.26. The zero-order chi connectivity index (χ0) is 16.3. The summed E-state index contributed by atoms with van der Waals surface area (Å²) in [6, 6.07) is 3.58. The molecule has 1 aliphatic rings. The molecule has 1 fully saturated rings. The molecular formula is C17H25FN2O2. The highest BCUT2D eigenvalue weighted by atomic mass is 19.1. The standard InChI is InChI=1S/C17H25FN2O2/c1-5-20(14-6-7-19-11(2)8-14)16-10-13(18)9-15(12(16)3)17(21)22-4/h9-11,14,19H,5-8H2,1-4H3. The first-order chi connectivity index (χ1) is 10.5. The van der Waals surface area contributed by atoms with Gasteiger partial charge >= 0.3 is 5.97 Å². The van der Waals surface area contributed by atoms with Gasteiger partial charge in [0.25, 0.3) is 0 Å². The lowest BCUT2D eigenvalue weighted by Gasteiger charge is -2.39. The molecule has 0 aromatic heterocycles. The van der Waals surface area contributed by atoms with Crippen LogP contribution in [0.1, 0.15) is 42.6 Å². The van der Waals surface area contributed by atoms with Crippen molar-refractivity contribution in [2.24, 2.45) is 0 Å². The van der Waals surface area contributed by atoms with E-state index in [9.17, 15) is 9.18 Å². The van der Waals surface area contributed by atoms with Gasteiger partial charge in [-0.15, -0.1) is 0 Å². The van der Waals surface area contributed by atoms with Gasteiger partial charge in [0.2, 0.25) is 0 Å². The average Bonchev–Trinajstić information content (AvgIpc) is 2.50. The number of carbonyl (C=O) groups excluding carboxylic acids is 1. The van der Waals surface area contributed by atoms with Crippen molar-refractivity contribution < 1.29 is 13.9 Å². The summed E-state index contributed by atoms with van der Waals surface area (Å²) < 4.78 is 18.8. The Balaban J connectivity index is 2.40. The summed E-state index contributed by atoms with van der Waals surface area (Å²) in [5.41, 5.74) is 1.88. The zero-order valence-corrected chi connectivity index (χ0v) is 13.8. The molecule has 2 unspecified atom stereocenters. The molecule has 22 heavy (non-hydrogen) atoms. The third-order valence-corrected chi connectivity index (χ3v) is 4.44. The molecule has 2 rings (SSSR count). The predicted octanol–water partition coefficient (Wildman–Crippen LogP) is 2.89. The second-order valence-electron chi connectivity index (χ2n) is 5.91. The number of methoxy groups -OCH3 is 1. The van der Waals surface area contributed by atoms with Crippen molar-refractivity contribution in [1.29, 1.82) is 0 Å². The van der Waals surface area contributed by atoms with Gasteiger partial charge in [0.05, 0.1) is 12.7 Å². The largest absolute Gasteiger partial charge is 0.465 e. The second-order valence-corrected chi connectivity index (χ2v) is 5.91. The molecule has 0 spiro atoms. The number of piperidine rings is 1. The Labute approximate surface area is 131 Å². The van der Waals surface area contributed by atoms with Crippen molar-refractivity contribution in [3.05, 3.63) is 29.1 Å². The van der Waals surface area contributed by atoms with Crippen LogP contribution in [0, 0.1) is 12.7 Å². The highest BCUT2D eigenvalue weighted by Crippen LogP contribution is 2.30. The zero-order valence-electron chi connectivity index (χ0n) is 13.8. The molecule has 2 atom stereocenters. The van der Waals surface area contributed by atoms with E-state index in [1.807, 2.05) is 6.92 Å². The van der Waals surface area contributed by atoms with Crippen LogP contribution in [-0.4, -0.2) is 38.3 Å². The van der Waals surface area contributed by atoms with Gasteiger partial charge in [-0.1, -0.05) is 0 Å². The maximum Gasteiger partial charge on any atom is 0.338 e. The fourth-order valence-electron chi connectivity index (χ4n) is 3.30. The maximum atomic E-state index is 14.0. The molecule has 0 radical (unpaired) electrons. The normalized spacial score (nSPS) is 21.5. The summed E-state index contributed by atoms with van der Waals surface area (Å²) in [4.78, 5) is 14.1. The molecule has 5 heteroatoms. The number of anilines is 1. The molecular weight excluding hydrogens is 283 g/mol. The van der Waals surface area contributed by atoms with Gasteiger partial charge in [-0.3, -0.25) is 0 Å². The maximum absolute atomic E-state index is 14.0. The van der Waals surface area contributed by atoms with E-state index in [0.717, 1.165) is 37.2 Å². The molecule has 122 valence electrons. The number of nitrogens with one attached hydrogen (secondary N) is 1. The summed E-state index contributed by atoms with van der Waals surface area (Å²) in [5, 5.41) is 3.43. The Hall–Kier alpha value is -1.62. The molecule has 0 aliphatic carbocycles. The molecule has 1 aliphatic heterocycles. The first-order valence-corrected chi connectivity index (χ1v) is 7.86. The lowest BCUT2D eigenvalue weighted by Crippen LogP contribution is -2.47. The van der Waals surface area contributed by atoms with E-state index in [1.54, 1.807) is 0 Å². The van der Waals surface area contributed by atoms with Gasteiger partial charge in [0.1, 0.15) is 5.82 Å². The van der Waals surface area contributed by atoms with Crippen LogP contribution in [0.2, 0.25) is 0 Å². The lowest BCUT2D eigenvalue weighted by atomic mass is 9.96. The van der Waals surface area contributed by atoms with Crippen molar-refractivity contribution in [3.63, 3.8) is 0 Å². The minimum absolute atomic E-state index is 0.304. The first kappa shape index (κ1) is 16.7. The van der Waals surface area contributed by atoms with Crippen LogP contribution < -0.4 is 10.2 Å². The van der Waals surface area contributed by atoms with E-state index >= 15 is 0 Å². The van der Waals surface area contributed by atoms with E-state index in [4.69, 9.17) is 4.74 Å². The van der Waals surface area contributed by atoms with Crippen LogP contribution in [0.5, 0.6) is 0 Å². The quantitative estimate of drug-likeness (QED) is 0.869. The molecule has 1 aromatic carbocycles. The number of nitrogens with zero attached hydrogens (tertiary/aromatic N) is 1. The Kier molecular flexibility index (Phi) is 5.40. The molecule has 0 bridgehead atoms. The van der Waals surface area contributed by atoms with E-state index < -0.39 is 11.8 Å². The third-order valence-electron chi connectivity index (χ3n) is 4.44. The minimum Gasteiger partial charge on any atom is -0.465 e. The van der Waals surface area contributed by atoms with Gasteiger partial charge in [-0.2, -0.15) is 0 Å². The molecule has 1 saturated heterocycles. The first-order valence-electron chi connectivity index (χ1n) is 7.86. The molecule has 1 heterocycles. The minimum atomic E-state index is -0.493. The summed E-state index contributed by atoms with van der Waals surface area (Å²) in [6.07, 6.45) is 2.03. The highest BCUT2D eigenvalue weighted by molar-refractivity contribution is 5.92. The molecule has 4 nitrogen and oxygen atoms in total. The molecule has 0 amide bonds. The van der Waals surface area contributed by atoms with E-state index in [2.05, 4.69) is 24.1 Å². The molecule has 1 aromatic rings. The van der Waals surface area contributed by atoms with E-state index in [-0.39, 0.29) is 0 Å². The van der Waals surface area contributed by atoms with Crippen molar-refractivity contribution in [2.75, 3.05) is 25.1 Å². The summed E-state index contributed by atoms with van der Waals surface area (Å²) >= 11 is 0. The SMILES string of the molecule is CCN(c1cc(F)cc(C(=O)OC)c1C)C1CCNC(C)C1. The van der Waals surface area contributed by atoms with Crippen molar-refractivity contribution in [1.82, 2.24) is 5.32 Å². The van der Waals surface area contributed by atoms with Crippen LogP contribution in [0.15, 0.2) is 12.1 Å². The van der Waals surface area contributed by atoms with Crippen LogP contribution in [-0.2, 0) is 4.74 Å². The predicted molar refractivity (Wildman–Crippen MR) is 86.0 cm³/mol. The van der Waals surface area contributed by atoms with Crippen molar-refractivity contribution in [3.8, 4) is 0 Å².